The number of carbonyl (C=O) groups is 2. The second-order valence-corrected chi connectivity index (χ2v) is 3.63. The van der Waals surface area contributed by atoms with Crippen molar-refractivity contribution in [2.75, 3.05) is 13.1 Å². The maximum absolute atomic E-state index is 12.2. The fraction of sp³-hybridized carbons (Fsp3) is 0.312. The number of rotatable bonds is 4. The molecule has 0 bridgehead atoms. The van der Waals surface area contributed by atoms with Crippen LogP contribution in [-0.4, -0.2) is 30.2 Å². The number of hydrogen-bond donors (Lipinski definition) is 0. The monoisotopic (exact) mass is 355 g/mol. The molecule has 0 fully saturated rings. The molecule has 1 aromatic rings. The first kappa shape index (κ1) is 29.2. The van der Waals surface area contributed by atoms with Crippen LogP contribution in [0.1, 0.15) is 40.1 Å². The van der Waals surface area contributed by atoms with Gasteiger partial charge in [-0.05, 0) is 26.3 Å². The molecule has 0 N–H and O–H groups in total. The van der Waals surface area contributed by atoms with Crippen molar-refractivity contribution in [1.82, 2.24) is 4.90 Å². The van der Waals surface area contributed by atoms with Gasteiger partial charge >= 0.3 is 33.9 Å². The van der Waals surface area contributed by atoms with E-state index in [0.29, 0.717) is 24.2 Å². The zero-order valence-corrected chi connectivity index (χ0v) is 14.4. The summed E-state index contributed by atoms with van der Waals surface area (Å²) in [6.45, 7) is 20.5. The molecule has 1 amide bonds. The van der Waals surface area contributed by atoms with Crippen molar-refractivity contribution < 1.29 is 40.9 Å². The predicted molar refractivity (Wildman–Crippen MR) is 75.6 cm³/mol. The van der Waals surface area contributed by atoms with Crippen LogP contribution in [0, 0.1) is 26.9 Å². The summed E-state index contributed by atoms with van der Waals surface area (Å²) in [5.41, 5.74) is 1.85. The van der Waals surface area contributed by atoms with Gasteiger partial charge < -0.3 is 4.90 Å². The van der Waals surface area contributed by atoms with Crippen molar-refractivity contribution in [2.24, 2.45) is 0 Å². The van der Waals surface area contributed by atoms with Crippen molar-refractivity contribution in [1.29, 1.82) is 0 Å². The molecule has 0 atom stereocenters. The summed E-state index contributed by atoms with van der Waals surface area (Å²) in [5, 5.41) is 0. The molecule has 122 valence electrons. The van der Waals surface area contributed by atoms with E-state index in [2.05, 4.69) is 20.0 Å². The zero-order valence-electron chi connectivity index (χ0n) is 13.1. The van der Waals surface area contributed by atoms with E-state index in [9.17, 15) is 9.59 Å². The van der Waals surface area contributed by atoms with Crippen LogP contribution in [0.25, 0.3) is 0 Å². The zero-order chi connectivity index (χ0) is 18.1. The van der Waals surface area contributed by atoms with Gasteiger partial charge in [-0.15, -0.1) is 0 Å². The number of nitrogens with zero attached hydrogens (tertiary/aromatic N) is 1. The number of aldehydes is 1. The summed E-state index contributed by atoms with van der Waals surface area (Å²) in [4.78, 5) is 24.8. The van der Waals surface area contributed by atoms with Crippen molar-refractivity contribution >= 4 is 12.2 Å². The van der Waals surface area contributed by atoms with Gasteiger partial charge in [-0.1, -0.05) is 18.2 Å². The molecule has 0 spiro atoms. The third-order valence-corrected chi connectivity index (χ3v) is 2.70. The van der Waals surface area contributed by atoms with Gasteiger partial charge in [0, 0.05) is 36.0 Å². The average molecular weight is 355 g/mol. The molecule has 23 heavy (non-hydrogen) atoms. The van der Waals surface area contributed by atoms with Crippen LogP contribution in [0.3, 0.4) is 0 Å². The summed E-state index contributed by atoms with van der Waals surface area (Å²) in [5.74, 6) is -0.0646. The summed E-state index contributed by atoms with van der Waals surface area (Å²) in [7, 11) is 0. The number of aryl methyl sites for hydroxylation is 1. The molecule has 7 heteroatoms. The Hall–Kier alpha value is -1.89. The minimum absolute atomic E-state index is 0. The van der Waals surface area contributed by atoms with Gasteiger partial charge in [-0.25, -0.2) is 0 Å². The Morgan fingerprint density at radius 1 is 1.09 bits per heavy atom. The van der Waals surface area contributed by atoms with Gasteiger partial charge in [0.15, 0.2) is 6.29 Å². The number of amides is 1. The summed E-state index contributed by atoms with van der Waals surface area (Å²) < 4.78 is 22.5. The number of carbonyl (C=O) groups excluding carboxylic acids is 2. The summed E-state index contributed by atoms with van der Waals surface area (Å²) in [6, 6.07) is 5.32. The maximum atomic E-state index is 12.2. The van der Waals surface area contributed by atoms with Crippen LogP contribution in [0.4, 0.5) is 0 Å². The Morgan fingerprint density at radius 2 is 1.52 bits per heavy atom. The number of benzene rings is 1. The molecule has 1 aromatic carbocycles. The van der Waals surface area contributed by atoms with E-state index in [1.54, 1.807) is 17.0 Å². The van der Waals surface area contributed by atoms with Crippen LogP contribution in [0.2, 0.25) is 0 Å². The van der Waals surface area contributed by atoms with Crippen LogP contribution in [0.15, 0.2) is 18.2 Å². The first-order chi connectivity index (χ1) is 10.7. The minimum Gasteiger partial charge on any atom is 0 e. The first-order valence-electron chi connectivity index (χ1n) is 6.11. The molecular formula is C16H17CrNO5. The average Bonchev–Trinajstić information content (AvgIpc) is 2.60. The molecular weight excluding hydrogens is 338 g/mol. The Kier molecular flexibility index (Phi) is 25.5. The van der Waals surface area contributed by atoms with Gasteiger partial charge in [0.05, 0.1) is 5.56 Å². The van der Waals surface area contributed by atoms with Gasteiger partial charge in [-0.3, -0.25) is 9.59 Å². The summed E-state index contributed by atoms with van der Waals surface area (Å²) >= 11 is 0. The Labute approximate surface area is 147 Å². The van der Waals surface area contributed by atoms with E-state index in [1.165, 1.54) is 0 Å². The largest absolute Gasteiger partial charge is 0 e. The van der Waals surface area contributed by atoms with Crippen LogP contribution >= 0.6 is 0 Å². The molecule has 0 aliphatic heterocycles. The topological polar surface area (TPSA) is 97.1 Å². The Balaban J connectivity index is -0.000000231. The van der Waals surface area contributed by atoms with E-state index in [-0.39, 0.29) is 23.3 Å². The molecule has 0 saturated carbocycles. The predicted octanol–water partition coefficient (Wildman–Crippen LogP) is 2.17. The van der Waals surface area contributed by atoms with Crippen molar-refractivity contribution in [3.05, 3.63) is 54.8 Å². The van der Waals surface area contributed by atoms with E-state index in [4.69, 9.17) is 14.0 Å². The fourth-order valence-corrected chi connectivity index (χ4v) is 1.75. The normalized spacial score (nSPS) is 7.17. The standard InChI is InChI=1S/C13H17NO2.3CO.Cr/c1-4-14(5-2)13(16)12-10(3)7-6-8-11(12)9-15;3*1-2;/h6-9H,4-5H2,1-3H3;;;;. The molecule has 6 nitrogen and oxygen atoms in total. The minimum atomic E-state index is -0.0646. The van der Waals surface area contributed by atoms with Crippen LogP contribution in [0.5, 0.6) is 0 Å². The van der Waals surface area contributed by atoms with Gasteiger partial charge in [0.1, 0.15) is 0 Å². The van der Waals surface area contributed by atoms with Crippen molar-refractivity contribution in [3.8, 4) is 0 Å². The molecule has 0 aromatic heterocycles. The van der Waals surface area contributed by atoms with E-state index >= 15 is 0 Å². The molecule has 0 aliphatic carbocycles. The smallest absolute Gasteiger partial charge is 0 e. The Bertz CT molecular complexity index is 505. The molecule has 0 radical (unpaired) electrons. The van der Waals surface area contributed by atoms with Gasteiger partial charge in [0.2, 0.25) is 0 Å². The molecule has 1 rings (SSSR count). The van der Waals surface area contributed by atoms with Crippen molar-refractivity contribution in [3.63, 3.8) is 0 Å². The second kappa shape index (κ2) is 20.1. The summed E-state index contributed by atoms with van der Waals surface area (Å²) in [6.07, 6.45) is 0.740. The Morgan fingerprint density at radius 3 is 1.87 bits per heavy atom. The molecule has 0 heterocycles. The fourth-order valence-electron chi connectivity index (χ4n) is 1.75. The van der Waals surface area contributed by atoms with Crippen LogP contribution in [-0.2, 0) is 31.3 Å². The first-order valence-corrected chi connectivity index (χ1v) is 6.11. The van der Waals surface area contributed by atoms with E-state index < -0.39 is 0 Å². The molecule has 0 unspecified atom stereocenters. The second-order valence-electron chi connectivity index (χ2n) is 3.63. The molecule has 0 saturated heterocycles. The third kappa shape index (κ3) is 9.68. The number of hydrogen-bond acceptors (Lipinski definition) is 2. The SMILES string of the molecule is CCN(CC)C(=O)c1c(C)cccc1C=O.[C-]#[O+].[C-]#[O+].[C-]#[O+].[Cr]. The molecule has 0 aliphatic rings. The maximum Gasteiger partial charge on any atom is 0 e. The van der Waals surface area contributed by atoms with Gasteiger partial charge in [-0.2, -0.15) is 0 Å². The van der Waals surface area contributed by atoms with E-state index in [1.807, 2.05) is 26.8 Å². The van der Waals surface area contributed by atoms with Crippen LogP contribution < -0.4 is 0 Å². The quantitative estimate of drug-likeness (QED) is 0.470. The van der Waals surface area contributed by atoms with E-state index in [0.717, 1.165) is 11.8 Å². The van der Waals surface area contributed by atoms with Crippen molar-refractivity contribution in [2.45, 2.75) is 20.8 Å². The van der Waals surface area contributed by atoms with Gasteiger partial charge in [0.25, 0.3) is 5.91 Å². The third-order valence-electron chi connectivity index (χ3n) is 2.70.